The van der Waals surface area contributed by atoms with Crippen LogP contribution < -0.4 is 5.32 Å². The minimum absolute atomic E-state index is 0.0199. The second-order valence-corrected chi connectivity index (χ2v) is 6.42. The number of nitrogens with zero attached hydrogens (tertiary/aromatic N) is 1. The number of likely N-dealkylation sites (tertiary alicyclic amines) is 1. The van der Waals surface area contributed by atoms with Crippen LogP contribution in [0.5, 0.6) is 11.5 Å². The summed E-state index contributed by atoms with van der Waals surface area (Å²) in [4.78, 5) is 2.49. The van der Waals surface area contributed by atoms with Crippen molar-refractivity contribution in [2.24, 2.45) is 5.41 Å². The van der Waals surface area contributed by atoms with Crippen molar-refractivity contribution in [1.82, 2.24) is 10.2 Å². The van der Waals surface area contributed by atoms with Crippen LogP contribution in [-0.2, 0) is 6.54 Å². The molecule has 2 aliphatic rings. The van der Waals surface area contributed by atoms with Gasteiger partial charge in [0.2, 0.25) is 0 Å². The smallest absolute Gasteiger partial charge is 0.157 e. The van der Waals surface area contributed by atoms with Gasteiger partial charge in [-0.05, 0) is 61.9 Å². The van der Waals surface area contributed by atoms with Gasteiger partial charge in [0, 0.05) is 19.6 Å². The maximum Gasteiger partial charge on any atom is 0.157 e. The zero-order chi connectivity index (χ0) is 14.0. The molecule has 1 aromatic rings. The van der Waals surface area contributed by atoms with Gasteiger partial charge in [-0.3, -0.25) is 4.90 Å². The molecule has 2 saturated heterocycles. The van der Waals surface area contributed by atoms with Crippen LogP contribution in [0.4, 0.5) is 0 Å². The summed E-state index contributed by atoms with van der Waals surface area (Å²) < 4.78 is 0. The van der Waals surface area contributed by atoms with E-state index >= 15 is 0 Å². The first kappa shape index (κ1) is 13.7. The lowest BCUT2D eigenvalue weighted by Crippen LogP contribution is -2.50. The summed E-state index contributed by atoms with van der Waals surface area (Å²) in [7, 11) is 0. The Morgan fingerprint density at radius 1 is 1.15 bits per heavy atom. The molecule has 0 amide bonds. The van der Waals surface area contributed by atoms with Crippen LogP contribution in [0.1, 0.15) is 31.2 Å². The number of aromatic hydroxyl groups is 2. The predicted molar refractivity (Wildman–Crippen MR) is 78.8 cm³/mol. The van der Waals surface area contributed by atoms with Gasteiger partial charge in [-0.1, -0.05) is 6.07 Å². The van der Waals surface area contributed by atoms with Gasteiger partial charge >= 0.3 is 0 Å². The molecule has 0 radical (unpaired) electrons. The molecule has 3 N–H and O–H groups in total. The second-order valence-electron chi connectivity index (χ2n) is 6.42. The zero-order valence-corrected chi connectivity index (χ0v) is 11.9. The third-order valence-corrected chi connectivity index (χ3v) is 4.75. The zero-order valence-electron chi connectivity index (χ0n) is 11.9. The first-order valence-electron chi connectivity index (χ1n) is 7.61. The molecule has 3 rings (SSSR count). The van der Waals surface area contributed by atoms with Gasteiger partial charge in [-0.2, -0.15) is 0 Å². The summed E-state index contributed by atoms with van der Waals surface area (Å²) in [6.45, 7) is 5.43. The average Bonchev–Trinajstić information content (AvgIpc) is 2.44. The summed E-state index contributed by atoms with van der Waals surface area (Å²) in [5, 5.41) is 22.5. The Bertz CT molecular complexity index is 464. The van der Waals surface area contributed by atoms with Gasteiger partial charge in [-0.15, -0.1) is 0 Å². The molecule has 1 aromatic carbocycles. The largest absolute Gasteiger partial charge is 0.504 e. The Balaban J connectivity index is 1.66. The molecule has 20 heavy (non-hydrogen) atoms. The van der Waals surface area contributed by atoms with Crippen LogP contribution in [0.3, 0.4) is 0 Å². The Morgan fingerprint density at radius 2 is 2.00 bits per heavy atom. The highest BCUT2D eigenvalue weighted by Crippen LogP contribution is 2.36. The molecule has 4 nitrogen and oxygen atoms in total. The number of rotatable bonds is 2. The maximum atomic E-state index is 9.59. The van der Waals surface area contributed by atoms with Crippen molar-refractivity contribution in [3.05, 3.63) is 23.8 Å². The van der Waals surface area contributed by atoms with E-state index < -0.39 is 0 Å². The number of phenolic OH excluding ortho intramolecular Hbond substituents is 2. The fourth-order valence-electron chi connectivity index (χ4n) is 3.75. The third kappa shape index (κ3) is 2.91. The van der Waals surface area contributed by atoms with Crippen LogP contribution >= 0.6 is 0 Å². The summed E-state index contributed by atoms with van der Waals surface area (Å²) in [5.74, 6) is -0.0612. The minimum Gasteiger partial charge on any atom is -0.504 e. The highest BCUT2D eigenvalue weighted by Gasteiger charge is 2.36. The molecule has 1 spiro atoms. The van der Waals surface area contributed by atoms with Gasteiger partial charge in [0.15, 0.2) is 11.5 Å². The maximum absolute atomic E-state index is 9.59. The molecule has 2 aliphatic heterocycles. The van der Waals surface area contributed by atoms with E-state index in [1.54, 1.807) is 12.1 Å². The molecule has 1 unspecified atom stereocenters. The molecule has 2 fully saturated rings. The first-order chi connectivity index (χ1) is 9.67. The quantitative estimate of drug-likeness (QED) is 0.724. The first-order valence-corrected chi connectivity index (χ1v) is 7.61. The van der Waals surface area contributed by atoms with E-state index in [9.17, 15) is 10.2 Å². The van der Waals surface area contributed by atoms with Crippen LogP contribution in [-0.4, -0.2) is 41.3 Å². The molecule has 2 heterocycles. The summed E-state index contributed by atoms with van der Waals surface area (Å²) >= 11 is 0. The summed E-state index contributed by atoms with van der Waals surface area (Å²) in [6, 6.07) is 5.15. The molecule has 0 bridgehead atoms. The lowest BCUT2D eigenvalue weighted by Gasteiger charge is -2.45. The topological polar surface area (TPSA) is 55.7 Å². The molecular weight excluding hydrogens is 252 g/mol. The number of nitrogens with one attached hydrogen (secondary N) is 1. The van der Waals surface area contributed by atoms with E-state index in [1.165, 1.54) is 25.7 Å². The van der Waals surface area contributed by atoms with Crippen LogP contribution in [0.25, 0.3) is 0 Å². The van der Waals surface area contributed by atoms with Crippen molar-refractivity contribution in [3.63, 3.8) is 0 Å². The minimum atomic E-state index is -0.0413. The Kier molecular flexibility index (Phi) is 3.85. The molecule has 4 heteroatoms. The van der Waals surface area contributed by atoms with Crippen LogP contribution in [0.2, 0.25) is 0 Å². The molecule has 0 aliphatic carbocycles. The Morgan fingerprint density at radius 3 is 2.75 bits per heavy atom. The van der Waals surface area contributed by atoms with Gasteiger partial charge in [0.1, 0.15) is 0 Å². The van der Waals surface area contributed by atoms with Crippen molar-refractivity contribution in [1.29, 1.82) is 0 Å². The van der Waals surface area contributed by atoms with E-state index in [2.05, 4.69) is 10.2 Å². The fraction of sp³-hybridized carbons (Fsp3) is 0.625. The number of hydrogen-bond donors (Lipinski definition) is 3. The standard InChI is InChI=1S/C16H24N2O2/c19-14-4-3-13(9-15(14)20)10-18-8-2-6-16(12-18)5-1-7-17-11-16/h3-4,9,17,19-20H,1-2,5-8,10-12H2. The third-order valence-electron chi connectivity index (χ3n) is 4.75. The summed E-state index contributed by atoms with van der Waals surface area (Å²) in [5.41, 5.74) is 1.52. The number of phenols is 2. The second kappa shape index (κ2) is 5.62. The van der Waals surface area contributed by atoms with Crippen LogP contribution in [0, 0.1) is 5.41 Å². The lowest BCUT2D eigenvalue weighted by molar-refractivity contribution is 0.0600. The van der Waals surface area contributed by atoms with E-state index in [4.69, 9.17) is 0 Å². The number of piperidine rings is 2. The van der Waals surface area contributed by atoms with E-state index in [0.29, 0.717) is 5.41 Å². The van der Waals surface area contributed by atoms with Gasteiger partial charge in [0.05, 0.1) is 0 Å². The molecule has 0 aromatic heterocycles. The van der Waals surface area contributed by atoms with E-state index in [-0.39, 0.29) is 11.5 Å². The van der Waals surface area contributed by atoms with Crippen molar-refractivity contribution in [2.75, 3.05) is 26.2 Å². The highest BCUT2D eigenvalue weighted by atomic mass is 16.3. The van der Waals surface area contributed by atoms with E-state index in [1.807, 2.05) is 6.07 Å². The fourth-order valence-corrected chi connectivity index (χ4v) is 3.75. The van der Waals surface area contributed by atoms with Gasteiger partial charge in [-0.25, -0.2) is 0 Å². The molecule has 1 atom stereocenters. The average molecular weight is 276 g/mol. The number of benzene rings is 1. The molecule has 110 valence electrons. The predicted octanol–water partition coefficient (Wildman–Crippen LogP) is 2.06. The van der Waals surface area contributed by atoms with Gasteiger partial charge in [0.25, 0.3) is 0 Å². The Hall–Kier alpha value is -1.26. The van der Waals surface area contributed by atoms with Crippen molar-refractivity contribution in [2.45, 2.75) is 32.2 Å². The van der Waals surface area contributed by atoms with E-state index in [0.717, 1.165) is 38.3 Å². The Labute approximate surface area is 120 Å². The lowest BCUT2D eigenvalue weighted by atomic mass is 9.74. The van der Waals surface area contributed by atoms with Crippen molar-refractivity contribution < 1.29 is 10.2 Å². The monoisotopic (exact) mass is 276 g/mol. The number of hydrogen-bond acceptors (Lipinski definition) is 4. The summed E-state index contributed by atoms with van der Waals surface area (Å²) in [6.07, 6.45) is 5.20. The van der Waals surface area contributed by atoms with Crippen LogP contribution in [0.15, 0.2) is 18.2 Å². The molecule has 0 saturated carbocycles. The normalized spacial score (nSPS) is 27.8. The molecular formula is C16H24N2O2. The van der Waals surface area contributed by atoms with Crippen molar-refractivity contribution in [3.8, 4) is 11.5 Å². The highest BCUT2D eigenvalue weighted by molar-refractivity contribution is 5.40. The van der Waals surface area contributed by atoms with Gasteiger partial charge < -0.3 is 15.5 Å². The van der Waals surface area contributed by atoms with Crippen molar-refractivity contribution >= 4 is 0 Å². The SMILES string of the molecule is Oc1ccc(CN2CCCC3(CCCNC3)C2)cc1O.